The summed E-state index contributed by atoms with van der Waals surface area (Å²) in [4.78, 5) is 15.9. The molecule has 0 fully saturated rings. The van der Waals surface area contributed by atoms with Crippen molar-refractivity contribution in [2.75, 3.05) is 7.11 Å². The number of methoxy groups -OCH3 is 1. The van der Waals surface area contributed by atoms with Gasteiger partial charge in [-0.3, -0.25) is 0 Å². The molecule has 0 atom stereocenters. The highest BCUT2D eigenvalue weighted by Gasteiger charge is 2.07. The first-order valence-electron chi connectivity index (χ1n) is 5.66. The molecule has 0 aliphatic heterocycles. The van der Waals surface area contributed by atoms with E-state index in [1.54, 1.807) is 24.9 Å². The second kappa shape index (κ2) is 6.24. The zero-order chi connectivity index (χ0) is 13.7. The predicted molar refractivity (Wildman–Crippen MR) is 73.8 cm³/mol. The minimum absolute atomic E-state index is 0.0677. The quantitative estimate of drug-likeness (QED) is 0.850. The van der Waals surface area contributed by atoms with Gasteiger partial charge in [0.25, 0.3) is 0 Å². The van der Waals surface area contributed by atoms with Gasteiger partial charge >= 0.3 is 5.97 Å². The maximum atomic E-state index is 10.8. The molecule has 1 aromatic heterocycles. The smallest absolute Gasteiger partial charge is 0.354 e. The van der Waals surface area contributed by atoms with E-state index in [2.05, 4.69) is 4.98 Å². The van der Waals surface area contributed by atoms with E-state index < -0.39 is 5.97 Å². The molecule has 2 rings (SSSR count). The third-order valence-electron chi connectivity index (χ3n) is 2.47. The van der Waals surface area contributed by atoms with Crippen LogP contribution in [0, 0.1) is 0 Å². The first-order valence-corrected chi connectivity index (χ1v) is 6.64. The van der Waals surface area contributed by atoms with Crippen molar-refractivity contribution in [2.24, 2.45) is 0 Å². The van der Waals surface area contributed by atoms with Crippen molar-refractivity contribution >= 4 is 17.7 Å². The number of rotatable bonds is 5. The Kier molecular flexibility index (Phi) is 4.41. The van der Waals surface area contributed by atoms with Crippen LogP contribution in [-0.4, -0.2) is 23.2 Å². The fourth-order valence-corrected chi connectivity index (χ4v) is 2.50. The van der Waals surface area contributed by atoms with Crippen LogP contribution in [0.4, 0.5) is 0 Å². The monoisotopic (exact) mass is 275 g/mol. The van der Waals surface area contributed by atoms with Gasteiger partial charge in [0.05, 0.1) is 12.8 Å². The third-order valence-corrected chi connectivity index (χ3v) is 3.56. The van der Waals surface area contributed by atoms with Gasteiger partial charge in [-0.05, 0) is 24.3 Å². The summed E-state index contributed by atoms with van der Waals surface area (Å²) in [5, 5.41) is 8.89. The largest absolute Gasteiger partial charge is 0.496 e. The molecule has 4 nitrogen and oxygen atoms in total. The van der Waals surface area contributed by atoms with Gasteiger partial charge in [-0.2, -0.15) is 0 Å². The lowest BCUT2D eigenvalue weighted by molar-refractivity contribution is 0.0690. The van der Waals surface area contributed by atoms with Gasteiger partial charge < -0.3 is 9.84 Å². The molecule has 0 radical (unpaired) electrons. The lowest BCUT2D eigenvalue weighted by atomic mass is 10.3. The maximum absolute atomic E-state index is 10.8. The second-order valence-electron chi connectivity index (χ2n) is 3.76. The molecule has 0 unspecified atom stereocenters. The van der Waals surface area contributed by atoms with Gasteiger partial charge in [-0.15, -0.1) is 11.8 Å². The molecule has 0 saturated heterocycles. The summed E-state index contributed by atoms with van der Waals surface area (Å²) in [6.07, 6.45) is 0. The van der Waals surface area contributed by atoms with E-state index >= 15 is 0 Å². The Labute approximate surface area is 115 Å². The molecule has 5 heteroatoms. The van der Waals surface area contributed by atoms with Crippen molar-refractivity contribution in [1.29, 1.82) is 0 Å². The molecule has 0 saturated carbocycles. The number of pyridine rings is 1. The number of nitrogens with zero attached hydrogens (tertiary/aromatic N) is 1. The average molecular weight is 275 g/mol. The summed E-state index contributed by atoms with van der Waals surface area (Å²) < 4.78 is 5.26. The number of thioether (sulfide) groups is 1. The highest BCUT2D eigenvalue weighted by Crippen LogP contribution is 2.30. The first-order chi connectivity index (χ1) is 9.20. The molecule has 98 valence electrons. The Morgan fingerprint density at radius 2 is 2.05 bits per heavy atom. The van der Waals surface area contributed by atoms with Crippen molar-refractivity contribution in [3.63, 3.8) is 0 Å². The van der Waals surface area contributed by atoms with Crippen LogP contribution in [0.5, 0.6) is 5.75 Å². The van der Waals surface area contributed by atoms with Crippen LogP contribution in [0.25, 0.3) is 0 Å². The molecular weight excluding hydrogens is 262 g/mol. The third kappa shape index (κ3) is 3.48. The fourth-order valence-electron chi connectivity index (χ4n) is 1.57. The molecule has 1 aromatic carbocycles. The Hall–Kier alpha value is -2.01. The number of hydrogen-bond donors (Lipinski definition) is 1. The van der Waals surface area contributed by atoms with Gasteiger partial charge in [-0.25, -0.2) is 9.78 Å². The minimum Gasteiger partial charge on any atom is -0.496 e. The standard InChI is InChI=1S/C14H13NO3S/c1-18-12-7-2-3-8-13(12)19-9-10-5-4-6-11(15-10)14(16)17/h2-8H,9H2,1H3,(H,16,17). The fraction of sp³-hybridized carbons (Fsp3) is 0.143. The van der Waals surface area contributed by atoms with E-state index in [9.17, 15) is 4.79 Å². The Balaban J connectivity index is 2.10. The van der Waals surface area contributed by atoms with E-state index in [0.717, 1.165) is 16.3 Å². The Morgan fingerprint density at radius 3 is 2.79 bits per heavy atom. The summed E-state index contributed by atoms with van der Waals surface area (Å²) in [5.41, 5.74) is 0.800. The lowest BCUT2D eigenvalue weighted by Crippen LogP contribution is -2.01. The van der Waals surface area contributed by atoms with Crippen molar-refractivity contribution in [3.05, 3.63) is 53.9 Å². The van der Waals surface area contributed by atoms with E-state index in [0.29, 0.717) is 5.75 Å². The van der Waals surface area contributed by atoms with Crippen LogP contribution in [-0.2, 0) is 5.75 Å². The molecule has 0 spiro atoms. The van der Waals surface area contributed by atoms with Crippen LogP contribution < -0.4 is 4.74 Å². The number of carboxylic acid groups (broad SMARTS) is 1. The summed E-state index contributed by atoms with van der Waals surface area (Å²) >= 11 is 1.56. The number of aromatic nitrogens is 1. The predicted octanol–water partition coefficient (Wildman–Crippen LogP) is 3.08. The van der Waals surface area contributed by atoms with Crippen LogP contribution in [0.3, 0.4) is 0 Å². The normalized spacial score (nSPS) is 10.2. The van der Waals surface area contributed by atoms with Crippen molar-refractivity contribution in [1.82, 2.24) is 4.98 Å². The van der Waals surface area contributed by atoms with Crippen molar-refractivity contribution < 1.29 is 14.6 Å². The number of carboxylic acids is 1. The van der Waals surface area contributed by atoms with Crippen LogP contribution >= 0.6 is 11.8 Å². The number of aromatic carboxylic acids is 1. The number of hydrogen-bond acceptors (Lipinski definition) is 4. The van der Waals surface area contributed by atoms with E-state index in [-0.39, 0.29) is 5.69 Å². The van der Waals surface area contributed by atoms with E-state index in [1.165, 1.54) is 6.07 Å². The molecule has 0 amide bonds. The summed E-state index contributed by atoms with van der Waals surface area (Å²) in [6, 6.07) is 12.7. The maximum Gasteiger partial charge on any atom is 0.354 e. The topological polar surface area (TPSA) is 59.4 Å². The molecule has 1 heterocycles. The molecule has 2 aromatic rings. The number of carbonyl (C=O) groups is 1. The molecule has 0 aliphatic rings. The van der Waals surface area contributed by atoms with Gasteiger partial charge in [0, 0.05) is 10.6 Å². The van der Waals surface area contributed by atoms with Crippen LogP contribution in [0.1, 0.15) is 16.2 Å². The SMILES string of the molecule is COc1ccccc1SCc1cccc(C(=O)O)n1. The minimum atomic E-state index is -1.01. The summed E-state index contributed by atoms with van der Waals surface area (Å²) in [7, 11) is 1.63. The molecule has 1 N–H and O–H groups in total. The summed E-state index contributed by atoms with van der Waals surface area (Å²) in [6.45, 7) is 0. The Morgan fingerprint density at radius 1 is 1.26 bits per heavy atom. The molecule has 0 aliphatic carbocycles. The highest BCUT2D eigenvalue weighted by molar-refractivity contribution is 7.98. The van der Waals surface area contributed by atoms with Crippen molar-refractivity contribution in [2.45, 2.75) is 10.6 Å². The van der Waals surface area contributed by atoms with Gasteiger partial charge in [0.1, 0.15) is 11.4 Å². The molecule has 0 bridgehead atoms. The average Bonchev–Trinajstić information content (AvgIpc) is 2.45. The number of benzene rings is 1. The van der Waals surface area contributed by atoms with E-state index in [4.69, 9.17) is 9.84 Å². The van der Waals surface area contributed by atoms with Gasteiger partial charge in [0.2, 0.25) is 0 Å². The molecular formula is C14H13NO3S. The zero-order valence-corrected chi connectivity index (χ0v) is 11.2. The van der Waals surface area contributed by atoms with Gasteiger partial charge in [0.15, 0.2) is 0 Å². The summed E-state index contributed by atoms with van der Waals surface area (Å²) in [5.74, 6) is 0.396. The number of para-hydroxylation sites is 1. The first kappa shape index (κ1) is 13.4. The second-order valence-corrected chi connectivity index (χ2v) is 4.78. The molecule has 19 heavy (non-hydrogen) atoms. The number of ether oxygens (including phenoxy) is 1. The lowest BCUT2D eigenvalue weighted by Gasteiger charge is -2.07. The highest BCUT2D eigenvalue weighted by atomic mass is 32.2. The van der Waals surface area contributed by atoms with Crippen LogP contribution in [0.15, 0.2) is 47.4 Å². The van der Waals surface area contributed by atoms with Crippen molar-refractivity contribution in [3.8, 4) is 5.75 Å². The van der Waals surface area contributed by atoms with E-state index in [1.807, 2.05) is 30.3 Å². The zero-order valence-electron chi connectivity index (χ0n) is 10.4. The Bertz CT molecular complexity index is 586. The van der Waals surface area contributed by atoms with Gasteiger partial charge in [-0.1, -0.05) is 18.2 Å². The van der Waals surface area contributed by atoms with Crippen LogP contribution in [0.2, 0.25) is 0 Å².